The van der Waals surface area contributed by atoms with Gasteiger partial charge in [-0.3, -0.25) is 14.7 Å². The fraction of sp³-hybridized carbons (Fsp3) is 0.882. The summed E-state index contributed by atoms with van der Waals surface area (Å²) < 4.78 is 0. The first-order valence-electron chi connectivity index (χ1n) is 9.21. The van der Waals surface area contributed by atoms with Gasteiger partial charge in [0.25, 0.3) is 0 Å². The van der Waals surface area contributed by atoms with Gasteiger partial charge in [-0.05, 0) is 26.7 Å². The van der Waals surface area contributed by atoms with Crippen LogP contribution in [0.2, 0.25) is 0 Å². The van der Waals surface area contributed by atoms with Crippen molar-refractivity contribution in [2.75, 3.05) is 52.4 Å². The van der Waals surface area contributed by atoms with Crippen molar-refractivity contribution in [3.8, 4) is 0 Å². The molecule has 1 aliphatic carbocycles. The molecule has 0 spiro atoms. The number of nitrogens with two attached hydrogens (primary N) is 1. The lowest BCUT2D eigenvalue weighted by Gasteiger charge is -2.35. The Hall–Kier alpha value is -1.30. The van der Waals surface area contributed by atoms with Gasteiger partial charge >= 0.3 is 0 Å². The minimum absolute atomic E-state index is 0.306. The fourth-order valence-corrected chi connectivity index (χ4v) is 3.58. The van der Waals surface area contributed by atoms with Gasteiger partial charge in [-0.2, -0.15) is 0 Å². The third-order valence-corrected chi connectivity index (χ3v) is 5.17. The molecule has 1 saturated carbocycles. The maximum absolute atomic E-state index is 12.4. The van der Waals surface area contributed by atoms with Crippen LogP contribution in [0, 0.1) is 5.92 Å². The molecule has 0 bridgehead atoms. The highest BCUT2D eigenvalue weighted by molar-refractivity contribution is 5.79. The summed E-state index contributed by atoms with van der Waals surface area (Å²) in [4.78, 5) is 23.4. The lowest BCUT2D eigenvalue weighted by Crippen LogP contribution is -2.50. The number of carbonyl (C=O) groups excluding carboxylic acids is 1. The molecule has 1 saturated heterocycles. The van der Waals surface area contributed by atoms with Gasteiger partial charge in [-0.25, -0.2) is 0 Å². The first-order valence-corrected chi connectivity index (χ1v) is 9.21. The third-order valence-electron chi connectivity index (χ3n) is 5.17. The highest BCUT2D eigenvalue weighted by Crippen LogP contribution is 2.26. The van der Waals surface area contributed by atoms with Crippen molar-refractivity contribution in [3.05, 3.63) is 0 Å². The smallest absolute Gasteiger partial charge is 0.225 e. The molecule has 2 rings (SSSR count). The predicted octanol–water partition coefficient (Wildman–Crippen LogP) is 0.977. The standard InChI is InChI=1S/C17H33N5O/c1-3-21(4-2)17(18)19-9-10-20-11-13-22(14-12-20)16(23)15-7-5-6-8-15/h15H,3-14H2,1-2H3,(H2,18,19). The molecule has 132 valence electrons. The molecule has 23 heavy (non-hydrogen) atoms. The first kappa shape index (κ1) is 18.0. The Morgan fingerprint density at radius 3 is 2.30 bits per heavy atom. The number of carbonyl (C=O) groups is 1. The number of nitrogens with zero attached hydrogens (tertiary/aromatic N) is 4. The van der Waals surface area contributed by atoms with Crippen LogP contribution in [0.3, 0.4) is 0 Å². The van der Waals surface area contributed by atoms with E-state index in [9.17, 15) is 4.79 Å². The average molecular weight is 323 g/mol. The SMILES string of the molecule is CCN(CC)C(N)=NCCN1CCN(C(=O)C2CCCC2)CC1. The van der Waals surface area contributed by atoms with Gasteiger partial charge in [0.05, 0.1) is 6.54 Å². The summed E-state index contributed by atoms with van der Waals surface area (Å²) in [5.74, 6) is 1.34. The van der Waals surface area contributed by atoms with Crippen molar-refractivity contribution in [1.29, 1.82) is 0 Å². The van der Waals surface area contributed by atoms with Gasteiger partial charge < -0.3 is 15.5 Å². The summed E-state index contributed by atoms with van der Waals surface area (Å²) in [6.45, 7) is 11.3. The summed E-state index contributed by atoms with van der Waals surface area (Å²) in [7, 11) is 0. The molecule has 0 aromatic carbocycles. The van der Waals surface area contributed by atoms with Crippen LogP contribution in [0.25, 0.3) is 0 Å². The Bertz CT molecular complexity index is 394. The van der Waals surface area contributed by atoms with Gasteiger partial charge in [0.1, 0.15) is 0 Å². The zero-order chi connectivity index (χ0) is 16.7. The fourth-order valence-electron chi connectivity index (χ4n) is 3.58. The quantitative estimate of drug-likeness (QED) is 0.584. The summed E-state index contributed by atoms with van der Waals surface area (Å²) >= 11 is 0. The molecule has 2 N–H and O–H groups in total. The Morgan fingerprint density at radius 2 is 1.74 bits per heavy atom. The minimum atomic E-state index is 0.306. The number of piperazine rings is 1. The molecule has 6 nitrogen and oxygen atoms in total. The Balaban J connectivity index is 1.68. The van der Waals surface area contributed by atoms with Crippen LogP contribution in [0.5, 0.6) is 0 Å². The monoisotopic (exact) mass is 323 g/mol. The molecule has 1 aliphatic heterocycles. The van der Waals surface area contributed by atoms with Crippen molar-refractivity contribution >= 4 is 11.9 Å². The van der Waals surface area contributed by atoms with Gasteiger partial charge in [-0.1, -0.05) is 12.8 Å². The predicted molar refractivity (Wildman–Crippen MR) is 94.4 cm³/mol. The molecule has 2 aliphatic rings. The Labute approximate surface area is 140 Å². The number of aliphatic imine (C=N–C) groups is 1. The Kier molecular flexibility index (Phi) is 7.15. The zero-order valence-corrected chi connectivity index (χ0v) is 14.8. The highest BCUT2D eigenvalue weighted by Gasteiger charge is 2.29. The highest BCUT2D eigenvalue weighted by atomic mass is 16.2. The average Bonchev–Trinajstić information content (AvgIpc) is 3.10. The summed E-state index contributed by atoms with van der Waals surface area (Å²) in [6.07, 6.45) is 4.64. The minimum Gasteiger partial charge on any atom is -0.370 e. The molecule has 1 amide bonds. The molecular formula is C17H33N5O. The van der Waals surface area contributed by atoms with Crippen LogP contribution < -0.4 is 5.73 Å². The second-order valence-corrected chi connectivity index (χ2v) is 6.56. The molecule has 6 heteroatoms. The maximum Gasteiger partial charge on any atom is 0.225 e. The lowest BCUT2D eigenvalue weighted by molar-refractivity contribution is -0.137. The van der Waals surface area contributed by atoms with E-state index < -0.39 is 0 Å². The number of amides is 1. The normalized spacial score (nSPS) is 21.0. The van der Waals surface area contributed by atoms with Crippen LogP contribution >= 0.6 is 0 Å². The molecule has 0 aromatic heterocycles. The summed E-state index contributed by atoms with van der Waals surface area (Å²) in [5.41, 5.74) is 5.99. The van der Waals surface area contributed by atoms with Gasteiger partial charge in [0.15, 0.2) is 5.96 Å². The Morgan fingerprint density at radius 1 is 1.13 bits per heavy atom. The van der Waals surface area contributed by atoms with E-state index in [4.69, 9.17) is 5.73 Å². The van der Waals surface area contributed by atoms with Gasteiger partial charge in [0.2, 0.25) is 5.91 Å². The first-order chi connectivity index (χ1) is 11.2. The molecule has 0 unspecified atom stereocenters. The topological polar surface area (TPSA) is 65.2 Å². The summed E-state index contributed by atoms with van der Waals surface area (Å²) in [6, 6.07) is 0. The van der Waals surface area contributed by atoms with E-state index in [1.54, 1.807) is 0 Å². The number of rotatable bonds is 6. The zero-order valence-electron chi connectivity index (χ0n) is 14.8. The maximum atomic E-state index is 12.4. The second kappa shape index (κ2) is 9.11. The molecule has 2 fully saturated rings. The van der Waals surface area contributed by atoms with Crippen LogP contribution in [0.1, 0.15) is 39.5 Å². The lowest BCUT2D eigenvalue weighted by atomic mass is 10.1. The largest absolute Gasteiger partial charge is 0.370 e. The van der Waals surface area contributed by atoms with Crippen molar-refractivity contribution < 1.29 is 4.79 Å². The molecule has 0 atom stereocenters. The molecule has 1 heterocycles. The second-order valence-electron chi connectivity index (χ2n) is 6.56. The van der Waals surface area contributed by atoms with Gasteiger partial charge in [-0.15, -0.1) is 0 Å². The number of guanidine groups is 1. The van der Waals surface area contributed by atoms with E-state index in [2.05, 4.69) is 33.5 Å². The van der Waals surface area contributed by atoms with Crippen LogP contribution in [0.15, 0.2) is 4.99 Å². The number of hydrogen-bond acceptors (Lipinski definition) is 3. The van der Waals surface area contributed by atoms with Crippen molar-refractivity contribution in [2.24, 2.45) is 16.6 Å². The van der Waals surface area contributed by atoms with E-state index in [1.807, 2.05) is 0 Å². The molecular weight excluding hydrogens is 290 g/mol. The van der Waals surface area contributed by atoms with Crippen LogP contribution in [-0.4, -0.2) is 78.9 Å². The third kappa shape index (κ3) is 5.09. The van der Waals surface area contributed by atoms with Gasteiger partial charge in [0, 0.05) is 51.7 Å². The van der Waals surface area contributed by atoms with Crippen molar-refractivity contribution in [2.45, 2.75) is 39.5 Å². The molecule has 0 radical (unpaired) electrons. The van der Waals surface area contributed by atoms with E-state index in [1.165, 1.54) is 12.8 Å². The van der Waals surface area contributed by atoms with Crippen LogP contribution in [0.4, 0.5) is 0 Å². The molecule has 0 aromatic rings. The van der Waals surface area contributed by atoms with Crippen molar-refractivity contribution in [1.82, 2.24) is 14.7 Å². The van der Waals surface area contributed by atoms with Crippen molar-refractivity contribution in [3.63, 3.8) is 0 Å². The number of hydrogen-bond donors (Lipinski definition) is 1. The van der Waals surface area contributed by atoms with E-state index in [0.717, 1.165) is 65.2 Å². The van der Waals surface area contributed by atoms with E-state index in [-0.39, 0.29) is 0 Å². The van der Waals surface area contributed by atoms with E-state index in [0.29, 0.717) is 17.8 Å². The van der Waals surface area contributed by atoms with E-state index >= 15 is 0 Å². The van der Waals surface area contributed by atoms with Crippen LogP contribution in [-0.2, 0) is 4.79 Å². The summed E-state index contributed by atoms with van der Waals surface area (Å²) in [5, 5.41) is 0.